The maximum atomic E-state index is 12.2. The van der Waals surface area contributed by atoms with Gasteiger partial charge in [-0.3, -0.25) is 4.90 Å². The van der Waals surface area contributed by atoms with E-state index in [1.54, 1.807) is 0 Å². The number of sulfone groups is 2. The maximum absolute atomic E-state index is 12.2. The van der Waals surface area contributed by atoms with E-state index in [0.29, 0.717) is 12.2 Å². The standard InChI is InChI=1S/C20H28N2O4S2/c1-5-22(6-2)19(16-10-8-7-9-11-16)15-21-18-13-12-17(27(3,23)24)14-20(18)28(4,25)26/h7-14,19,21H,5-6,15H2,1-4H3/t19-/m0/s1. The average Bonchev–Trinajstić information content (AvgIpc) is 2.64. The van der Waals surface area contributed by atoms with Crippen molar-refractivity contribution in [3.05, 3.63) is 54.1 Å². The van der Waals surface area contributed by atoms with Gasteiger partial charge in [-0.05, 0) is 36.9 Å². The second-order valence-electron chi connectivity index (χ2n) is 6.73. The first-order valence-corrected chi connectivity index (χ1v) is 12.9. The van der Waals surface area contributed by atoms with Crippen molar-refractivity contribution in [1.29, 1.82) is 0 Å². The van der Waals surface area contributed by atoms with Crippen LogP contribution in [0.25, 0.3) is 0 Å². The van der Waals surface area contributed by atoms with Crippen LogP contribution < -0.4 is 5.32 Å². The zero-order valence-electron chi connectivity index (χ0n) is 16.7. The summed E-state index contributed by atoms with van der Waals surface area (Å²) in [5, 5.41) is 3.23. The highest BCUT2D eigenvalue weighted by Crippen LogP contribution is 2.27. The minimum Gasteiger partial charge on any atom is -0.382 e. The summed E-state index contributed by atoms with van der Waals surface area (Å²) in [5.41, 5.74) is 1.54. The van der Waals surface area contributed by atoms with Gasteiger partial charge in [-0.1, -0.05) is 44.2 Å². The predicted octanol–water partition coefficient (Wildman–Crippen LogP) is 2.99. The molecular weight excluding hydrogens is 396 g/mol. The molecule has 2 rings (SSSR count). The third kappa shape index (κ3) is 5.56. The molecule has 0 aliphatic carbocycles. The fourth-order valence-corrected chi connectivity index (χ4v) is 4.79. The van der Waals surface area contributed by atoms with Crippen LogP contribution in [0.5, 0.6) is 0 Å². The number of benzene rings is 2. The van der Waals surface area contributed by atoms with Crippen LogP contribution >= 0.6 is 0 Å². The first-order valence-electron chi connectivity index (χ1n) is 9.15. The van der Waals surface area contributed by atoms with Gasteiger partial charge in [0.05, 0.1) is 21.5 Å². The van der Waals surface area contributed by atoms with Crippen molar-refractivity contribution in [1.82, 2.24) is 4.90 Å². The number of hydrogen-bond donors (Lipinski definition) is 1. The molecule has 0 aliphatic rings. The fourth-order valence-electron chi connectivity index (χ4n) is 3.19. The van der Waals surface area contributed by atoms with Crippen molar-refractivity contribution in [2.75, 3.05) is 37.5 Å². The molecule has 2 aromatic rings. The van der Waals surface area contributed by atoms with Crippen LogP contribution in [0, 0.1) is 0 Å². The molecule has 1 N–H and O–H groups in total. The zero-order valence-corrected chi connectivity index (χ0v) is 18.3. The van der Waals surface area contributed by atoms with Crippen LogP contribution in [0.2, 0.25) is 0 Å². The minimum atomic E-state index is -3.60. The number of nitrogens with zero attached hydrogens (tertiary/aromatic N) is 1. The number of likely N-dealkylation sites (N-methyl/N-ethyl adjacent to an activating group) is 1. The van der Waals surface area contributed by atoms with Crippen molar-refractivity contribution >= 4 is 25.4 Å². The van der Waals surface area contributed by atoms with Gasteiger partial charge in [0, 0.05) is 19.1 Å². The molecule has 154 valence electrons. The molecule has 0 aromatic heterocycles. The van der Waals surface area contributed by atoms with Gasteiger partial charge in [-0.15, -0.1) is 0 Å². The molecule has 0 amide bonds. The lowest BCUT2D eigenvalue weighted by atomic mass is 10.0. The van der Waals surface area contributed by atoms with E-state index in [1.165, 1.54) is 18.2 Å². The zero-order chi connectivity index (χ0) is 20.9. The summed E-state index contributed by atoms with van der Waals surface area (Å²) in [6.45, 7) is 6.37. The Morgan fingerprint density at radius 3 is 2.00 bits per heavy atom. The second kappa shape index (κ2) is 9.07. The Balaban J connectivity index is 2.40. The molecule has 8 heteroatoms. The molecule has 0 saturated carbocycles. The van der Waals surface area contributed by atoms with Crippen molar-refractivity contribution in [2.45, 2.75) is 29.7 Å². The summed E-state index contributed by atoms with van der Waals surface area (Å²) in [5.74, 6) is 0. The van der Waals surface area contributed by atoms with Crippen LogP contribution in [-0.4, -0.2) is 53.9 Å². The molecule has 1 atom stereocenters. The molecule has 2 aromatic carbocycles. The number of rotatable bonds is 9. The monoisotopic (exact) mass is 424 g/mol. The smallest absolute Gasteiger partial charge is 0.177 e. The van der Waals surface area contributed by atoms with Gasteiger partial charge in [-0.2, -0.15) is 0 Å². The topological polar surface area (TPSA) is 83.6 Å². The van der Waals surface area contributed by atoms with Gasteiger partial charge in [-0.25, -0.2) is 16.8 Å². The predicted molar refractivity (Wildman–Crippen MR) is 113 cm³/mol. The number of hydrogen-bond acceptors (Lipinski definition) is 6. The molecular formula is C20H28N2O4S2. The summed E-state index contributed by atoms with van der Waals surface area (Å²) in [7, 11) is -7.10. The summed E-state index contributed by atoms with van der Waals surface area (Å²) in [6, 6.07) is 14.3. The van der Waals surface area contributed by atoms with Crippen molar-refractivity contribution < 1.29 is 16.8 Å². The lowest BCUT2D eigenvalue weighted by molar-refractivity contribution is 0.228. The molecule has 0 radical (unpaired) electrons. The second-order valence-corrected chi connectivity index (χ2v) is 10.7. The van der Waals surface area contributed by atoms with E-state index in [9.17, 15) is 16.8 Å². The first kappa shape index (κ1) is 22.4. The lowest BCUT2D eigenvalue weighted by Crippen LogP contribution is -2.33. The van der Waals surface area contributed by atoms with Crippen LogP contribution in [0.4, 0.5) is 5.69 Å². The van der Waals surface area contributed by atoms with Crippen molar-refractivity contribution in [2.24, 2.45) is 0 Å². The molecule has 6 nitrogen and oxygen atoms in total. The molecule has 28 heavy (non-hydrogen) atoms. The third-order valence-corrected chi connectivity index (χ3v) is 6.95. The van der Waals surface area contributed by atoms with E-state index in [0.717, 1.165) is 31.2 Å². The van der Waals surface area contributed by atoms with E-state index in [1.807, 2.05) is 18.2 Å². The van der Waals surface area contributed by atoms with E-state index in [-0.39, 0.29) is 15.8 Å². The highest BCUT2D eigenvalue weighted by molar-refractivity contribution is 7.91. The van der Waals surface area contributed by atoms with Gasteiger partial charge < -0.3 is 5.32 Å². The number of nitrogens with one attached hydrogen (secondary N) is 1. The molecule has 0 saturated heterocycles. The molecule has 0 spiro atoms. The Labute approximate surface area is 168 Å². The summed E-state index contributed by atoms with van der Waals surface area (Å²) < 4.78 is 48.1. The van der Waals surface area contributed by atoms with Crippen molar-refractivity contribution in [3.8, 4) is 0 Å². The van der Waals surface area contributed by atoms with E-state index >= 15 is 0 Å². The molecule has 0 aliphatic heterocycles. The Morgan fingerprint density at radius 1 is 0.893 bits per heavy atom. The van der Waals surface area contributed by atoms with Crippen molar-refractivity contribution in [3.63, 3.8) is 0 Å². The average molecular weight is 425 g/mol. The Bertz CT molecular complexity index is 1000. The molecule has 0 bridgehead atoms. The quantitative estimate of drug-likeness (QED) is 0.666. The van der Waals surface area contributed by atoms with Gasteiger partial charge in [0.15, 0.2) is 19.7 Å². The van der Waals surface area contributed by atoms with Gasteiger partial charge in [0.1, 0.15) is 0 Å². The Hall–Kier alpha value is -1.90. The number of anilines is 1. The van der Waals surface area contributed by atoms with Crippen LogP contribution in [0.1, 0.15) is 25.5 Å². The third-order valence-electron chi connectivity index (χ3n) is 4.70. The normalized spacial score (nSPS) is 13.5. The van der Waals surface area contributed by atoms with E-state index in [4.69, 9.17) is 0 Å². The molecule has 0 heterocycles. The highest BCUT2D eigenvalue weighted by atomic mass is 32.2. The molecule has 0 unspecified atom stereocenters. The highest BCUT2D eigenvalue weighted by Gasteiger charge is 2.21. The summed E-state index contributed by atoms with van der Waals surface area (Å²) >= 11 is 0. The minimum absolute atomic E-state index is 0.0122. The van der Waals surface area contributed by atoms with Crippen LogP contribution in [0.3, 0.4) is 0 Å². The van der Waals surface area contributed by atoms with E-state index < -0.39 is 19.7 Å². The fraction of sp³-hybridized carbons (Fsp3) is 0.400. The van der Waals surface area contributed by atoms with E-state index in [2.05, 4.69) is 36.2 Å². The van der Waals surface area contributed by atoms with Gasteiger partial charge in [0.2, 0.25) is 0 Å². The van der Waals surface area contributed by atoms with Crippen LogP contribution in [0.15, 0.2) is 58.3 Å². The first-order chi connectivity index (χ1) is 13.1. The summed E-state index contributed by atoms with van der Waals surface area (Å²) in [4.78, 5) is 2.26. The van der Waals surface area contributed by atoms with Gasteiger partial charge in [0.25, 0.3) is 0 Å². The Kier molecular flexibility index (Phi) is 7.25. The van der Waals surface area contributed by atoms with Crippen LogP contribution in [-0.2, 0) is 19.7 Å². The lowest BCUT2D eigenvalue weighted by Gasteiger charge is -2.31. The largest absolute Gasteiger partial charge is 0.382 e. The molecule has 0 fully saturated rings. The van der Waals surface area contributed by atoms with Gasteiger partial charge >= 0.3 is 0 Å². The summed E-state index contributed by atoms with van der Waals surface area (Å²) in [6.07, 6.45) is 2.14. The Morgan fingerprint density at radius 2 is 1.50 bits per heavy atom. The SMILES string of the molecule is CCN(CC)[C@@H](CNc1ccc(S(C)(=O)=O)cc1S(C)(=O)=O)c1ccccc1. The maximum Gasteiger partial charge on any atom is 0.177 e.